The summed E-state index contributed by atoms with van der Waals surface area (Å²) in [5.41, 5.74) is 3.43. The van der Waals surface area contributed by atoms with Crippen LogP contribution in [0.1, 0.15) is 53.6 Å². The number of likely N-dealkylation sites (tertiary alicyclic amines) is 1. The molecule has 0 spiro atoms. The molecule has 0 radical (unpaired) electrons. The van der Waals surface area contributed by atoms with Crippen LogP contribution in [0.5, 0.6) is 11.5 Å². The van der Waals surface area contributed by atoms with Gasteiger partial charge in [0.05, 0.1) is 20.1 Å². The number of carbonyl (C=O) groups excluding carboxylic acids is 3. The maximum absolute atomic E-state index is 12.7. The second-order valence-electron chi connectivity index (χ2n) is 8.96. The average Bonchev–Trinajstić information content (AvgIpc) is 3.33. The van der Waals surface area contributed by atoms with Gasteiger partial charge in [-0.1, -0.05) is 6.07 Å². The third-order valence-electron chi connectivity index (χ3n) is 6.31. The number of benzene rings is 1. The number of nitrogens with zero attached hydrogens (tertiary/aromatic N) is 2. The summed E-state index contributed by atoms with van der Waals surface area (Å²) in [4.78, 5) is 39.4. The van der Waals surface area contributed by atoms with Crippen molar-refractivity contribution in [3.8, 4) is 11.5 Å². The van der Waals surface area contributed by atoms with Gasteiger partial charge in [-0.3, -0.25) is 14.4 Å². The number of aryl methyl sites for hydroxylation is 1. The summed E-state index contributed by atoms with van der Waals surface area (Å²) in [7, 11) is 3.16. The monoisotopic (exact) mass is 470 g/mol. The van der Waals surface area contributed by atoms with Crippen LogP contribution in [-0.2, 0) is 20.7 Å². The Morgan fingerprint density at radius 1 is 1.09 bits per heavy atom. The number of amides is 1. The second-order valence-corrected chi connectivity index (χ2v) is 8.96. The maximum Gasteiger partial charge on any atom is 0.311 e. The first-order valence-corrected chi connectivity index (χ1v) is 11.5. The predicted octanol–water partition coefficient (Wildman–Crippen LogP) is 3.52. The zero-order valence-electron chi connectivity index (χ0n) is 20.8. The number of carbonyl (C=O) groups is 3. The van der Waals surface area contributed by atoms with Gasteiger partial charge in [0, 0.05) is 42.5 Å². The molecule has 3 rings (SSSR count). The molecule has 1 saturated heterocycles. The number of ether oxygens (including phenoxy) is 3. The number of hydrogen-bond donors (Lipinski definition) is 0. The number of esters is 1. The van der Waals surface area contributed by atoms with Gasteiger partial charge in [0.2, 0.25) is 11.7 Å². The van der Waals surface area contributed by atoms with E-state index in [4.69, 9.17) is 14.2 Å². The summed E-state index contributed by atoms with van der Waals surface area (Å²) in [6.45, 7) is 8.42. The Balaban J connectivity index is 1.53. The number of Topliss-reactive ketones (excluding diaryl/α,β-unsaturated/α-hetero) is 1. The highest BCUT2D eigenvalue weighted by atomic mass is 16.5. The van der Waals surface area contributed by atoms with Gasteiger partial charge in [0.1, 0.15) is 0 Å². The lowest BCUT2D eigenvalue weighted by Gasteiger charge is -2.17. The molecule has 1 aromatic heterocycles. The van der Waals surface area contributed by atoms with Crippen molar-refractivity contribution in [3.63, 3.8) is 0 Å². The summed E-state index contributed by atoms with van der Waals surface area (Å²) in [6, 6.07) is 7.71. The van der Waals surface area contributed by atoms with E-state index in [0.29, 0.717) is 36.6 Å². The van der Waals surface area contributed by atoms with E-state index >= 15 is 0 Å². The van der Waals surface area contributed by atoms with Gasteiger partial charge in [0.25, 0.3) is 0 Å². The number of methoxy groups -OCH3 is 2. The van der Waals surface area contributed by atoms with E-state index in [9.17, 15) is 14.4 Å². The third-order valence-corrected chi connectivity index (χ3v) is 6.31. The van der Waals surface area contributed by atoms with Crippen molar-refractivity contribution in [2.24, 2.45) is 5.92 Å². The van der Waals surface area contributed by atoms with Crippen molar-refractivity contribution in [1.82, 2.24) is 9.47 Å². The Bertz CT molecular complexity index is 1070. The van der Waals surface area contributed by atoms with E-state index in [-0.39, 0.29) is 30.8 Å². The fourth-order valence-electron chi connectivity index (χ4n) is 4.63. The third kappa shape index (κ3) is 5.43. The first-order chi connectivity index (χ1) is 16.2. The summed E-state index contributed by atoms with van der Waals surface area (Å²) < 4.78 is 18.0. The van der Waals surface area contributed by atoms with Crippen LogP contribution in [0.2, 0.25) is 0 Å². The van der Waals surface area contributed by atoms with E-state index in [2.05, 4.69) is 18.4 Å². The summed E-state index contributed by atoms with van der Waals surface area (Å²) >= 11 is 0. The minimum absolute atomic E-state index is 0.0887. The first-order valence-electron chi connectivity index (χ1n) is 11.5. The van der Waals surface area contributed by atoms with Crippen LogP contribution in [0.4, 0.5) is 0 Å². The summed E-state index contributed by atoms with van der Waals surface area (Å²) in [6.07, 6.45) is 0.721. The molecule has 34 heavy (non-hydrogen) atoms. The van der Waals surface area contributed by atoms with E-state index < -0.39 is 11.9 Å². The Hall–Kier alpha value is -3.29. The van der Waals surface area contributed by atoms with Crippen molar-refractivity contribution in [3.05, 3.63) is 46.8 Å². The zero-order chi connectivity index (χ0) is 25.0. The van der Waals surface area contributed by atoms with Crippen molar-refractivity contribution < 1.29 is 28.6 Å². The number of aromatic nitrogens is 1. The topological polar surface area (TPSA) is 87.1 Å². The van der Waals surface area contributed by atoms with Gasteiger partial charge in [-0.15, -0.1) is 0 Å². The molecule has 0 N–H and O–H groups in total. The van der Waals surface area contributed by atoms with Crippen LogP contribution in [-0.4, -0.2) is 61.0 Å². The van der Waals surface area contributed by atoms with Crippen molar-refractivity contribution in [2.75, 3.05) is 33.9 Å². The summed E-state index contributed by atoms with van der Waals surface area (Å²) in [5, 5.41) is 0. The molecule has 0 bridgehead atoms. The second kappa shape index (κ2) is 10.8. The molecule has 1 aromatic carbocycles. The maximum atomic E-state index is 12.7. The van der Waals surface area contributed by atoms with Crippen molar-refractivity contribution >= 4 is 17.7 Å². The molecule has 2 heterocycles. The molecule has 1 atom stereocenters. The van der Waals surface area contributed by atoms with Gasteiger partial charge >= 0.3 is 5.97 Å². The number of ketones is 1. The van der Waals surface area contributed by atoms with Gasteiger partial charge in [0.15, 0.2) is 18.1 Å². The molecule has 1 amide bonds. The highest BCUT2D eigenvalue weighted by Crippen LogP contribution is 2.28. The molecular weight excluding hydrogens is 436 g/mol. The zero-order valence-corrected chi connectivity index (χ0v) is 20.8. The molecule has 1 aliphatic heterocycles. The molecule has 0 unspecified atom stereocenters. The van der Waals surface area contributed by atoms with Crippen LogP contribution >= 0.6 is 0 Å². The van der Waals surface area contributed by atoms with E-state index in [1.54, 1.807) is 19.1 Å². The minimum atomic E-state index is -0.561. The molecule has 8 nitrogen and oxygen atoms in total. The molecule has 0 saturated carbocycles. The number of rotatable bonds is 10. The van der Waals surface area contributed by atoms with E-state index in [0.717, 1.165) is 17.0 Å². The van der Waals surface area contributed by atoms with Gasteiger partial charge in [-0.2, -0.15) is 0 Å². The SMILES string of the molecule is COc1ccc(CCN2C[C@@H](C(=O)OCC(=O)c3cc(C)n(C(C)C)c3C)CC2=O)cc1OC. The minimum Gasteiger partial charge on any atom is -0.493 e. The van der Waals surface area contributed by atoms with E-state index in [1.165, 1.54) is 0 Å². The van der Waals surface area contributed by atoms with Crippen LogP contribution in [0, 0.1) is 19.8 Å². The van der Waals surface area contributed by atoms with Gasteiger partial charge < -0.3 is 23.7 Å². The lowest BCUT2D eigenvalue weighted by molar-refractivity contribution is -0.147. The van der Waals surface area contributed by atoms with Crippen LogP contribution < -0.4 is 9.47 Å². The molecule has 8 heteroatoms. The quantitative estimate of drug-likeness (QED) is 0.390. The predicted molar refractivity (Wildman–Crippen MR) is 128 cm³/mol. The lowest BCUT2D eigenvalue weighted by atomic mass is 10.1. The smallest absolute Gasteiger partial charge is 0.311 e. The fourth-order valence-corrected chi connectivity index (χ4v) is 4.63. The van der Waals surface area contributed by atoms with Gasteiger partial charge in [-0.05, 0) is 57.9 Å². The Labute approximate surface area is 200 Å². The van der Waals surface area contributed by atoms with Crippen LogP contribution in [0.3, 0.4) is 0 Å². The molecule has 1 fully saturated rings. The Kier molecular flexibility index (Phi) is 8.02. The first kappa shape index (κ1) is 25.3. The van der Waals surface area contributed by atoms with Crippen molar-refractivity contribution in [1.29, 1.82) is 0 Å². The molecular formula is C26H34N2O6. The van der Waals surface area contributed by atoms with Crippen LogP contribution in [0.15, 0.2) is 24.3 Å². The average molecular weight is 471 g/mol. The normalized spacial score (nSPS) is 15.7. The lowest BCUT2D eigenvalue weighted by Crippen LogP contribution is -2.29. The molecule has 0 aliphatic carbocycles. The largest absolute Gasteiger partial charge is 0.493 e. The number of hydrogen-bond acceptors (Lipinski definition) is 6. The van der Waals surface area contributed by atoms with Crippen molar-refractivity contribution in [2.45, 2.75) is 46.6 Å². The van der Waals surface area contributed by atoms with Gasteiger partial charge in [-0.25, -0.2) is 0 Å². The molecule has 184 valence electrons. The van der Waals surface area contributed by atoms with E-state index in [1.807, 2.05) is 38.1 Å². The molecule has 2 aromatic rings. The highest BCUT2D eigenvalue weighted by molar-refractivity contribution is 5.99. The Morgan fingerprint density at radius 3 is 2.41 bits per heavy atom. The molecule has 1 aliphatic rings. The summed E-state index contributed by atoms with van der Waals surface area (Å²) in [5.74, 6) is -0.112. The fraction of sp³-hybridized carbons (Fsp3) is 0.500. The Morgan fingerprint density at radius 2 is 1.79 bits per heavy atom. The van der Waals surface area contributed by atoms with Crippen LogP contribution in [0.25, 0.3) is 0 Å². The highest BCUT2D eigenvalue weighted by Gasteiger charge is 2.35. The standard InChI is InChI=1S/C26H34N2O6/c1-16(2)28-17(3)11-21(18(28)4)22(29)15-34-26(31)20-13-25(30)27(14-20)10-9-19-7-8-23(32-5)24(12-19)33-6/h7-8,11-12,16,20H,9-10,13-15H2,1-6H3/t20-/m0/s1.